The number of halogens is 1. The van der Waals surface area contributed by atoms with Crippen LogP contribution >= 0.6 is 24.0 Å². The SMILES string of the molecule is CN(C)C(=O)CN=C(NCCCOCC1CCOC1)NCCc1ccco1.I. The minimum atomic E-state index is -0.0377. The van der Waals surface area contributed by atoms with Crippen molar-refractivity contribution >= 4 is 35.8 Å². The summed E-state index contributed by atoms with van der Waals surface area (Å²) in [6.45, 7) is 4.64. The fourth-order valence-corrected chi connectivity index (χ4v) is 2.57. The molecule has 8 nitrogen and oxygen atoms in total. The van der Waals surface area contributed by atoms with Crippen molar-refractivity contribution < 1.29 is 18.7 Å². The molecule has 0 saturated carbocycles. The summed E-state index contributed by atoms with van der Waals surface area (Å²) in [5.74, 6) is 2.04. The molecule has 1 unspecified atom stereocenters. The van der Waals surface area contributed by atoms with Gasteiger partial charge in [0.15, 0.2) is 5.96 Å². The average Bonchev–Trinajstić information content (AvgIpc) is 3.35. The minimum absolute atomic E-state index is 0. The predicted molar refractivity (Wildman–Crippen MR) is 119 cm³/mol. The second-order valence-electron chi connectivity index (χ2n) is 6.79. The summed E-state index contributed by atoms with van der Waals surface area (Å²) >= 11 is 0. The van der Waals surface area contributed by atoms with Crippen molar-refractivity contribution in [3.05, 3.63) is 24.2 Å². The van der Waals surface area contributed by atoms with Gasteiger partial charge in [0.25, 0.3) is 0 Å². The van der Waals surface area contributed by atoms with Gasteiger partial charge in [0, 0.05) is 52.7 Å². The summed E-state index contributed by atoms with van der Waals surface area (Å²) in [7, 11) is 3.45. The molecule has 28 heavy (non-hydrogen) atoms. The number of likely N-dealkylation sites (N-methyl/N-ethyl adjacent to an activating group) is 1. The van der Waals surface area contributed by atoms with Crippen LogP contribution < -0.4 is 10.6 Å². The Hall–Kier alpha value is -1.33. The van der Waals surface area contributed by atoms with Crippen molar-refractivity contribution in [3.8, 4) is 0 Å². The first-order chi connectivity index (χ1) is 13.1. The molecule has 2 heterocycles. The number of guanidine groups is 1. The molecule has 0 aliphatic carbocycles. The van der Waals surface area contributed by atoms with Crippen molar-refractivity contribution in [2.24, 2.45) is 10.9 Å². The molecule has 0 bridgehead atoms. The number of hydrogen-bond acceptors (Lipinski definition) is 5. The molecule has 1 aromatic heterocycles. The Morgan fingerprint density at radius 2 is 2.18 bits per heavy atom. The topological polar surface area (TPSA) is 88.3 Å². The lowest BCUT2D eigenvalue weighted by atomic mass is 10.1. The summed E-state index contributed by atoms with van der Waals surface area (Å²) in [5, 5.41) is 6.49. The maximum absolute atomic E-state index is 11.8. The number of nitrogens with zero attached hydrogens (tertiary/aromatic N) is 2. The number of nitrogens with one attached hydrogen (secondary N) is 2. The minimum Gasteiger partial charge on any atom is -0.469 e. The number of carbonyl (C=O) groups excluding carboxylic acids is 1. The maximum Gasteiger partial charge on any atom is 0.243 e. The second kappa shape index (κ2) is 14.6. The first-order valence-corrected chi connectivity index (χ1v) is 9.55. The Balaban J connectivity index is 0.00000392. The smallest absolute Gasteiger partial charge is 0.243 e. The molecule has 1 fully saturated rings. The van der Waals surface area contributed by atoms with Gasteiger partial charge in [-0.05, 0) is 25.0 Å². The fraction of sp³-hybridized carbons (Fsp3) is 0.684. The molecule has 0 radical (unpaired) electrons. The van der Waals surface area contributed by atoms with Crippen LogP contribution in [0, 0.1) is 5.92 Å². The van der Waals surface area contributed by atoms with Gasteiger partial charge in [0.05, 0.1) is 19.5 Å². The van der Waals surface area contributed by atoms with E-state index in [-0.39, 0.29) is 36.4 Å². The van der Waals surface area contributed by atoms with E-state index in [0.29, 0.717) is 25.0 Å². The van der Waals surface area contributed by atoms with Gasteiger partial charge in [-0.15, -0.1) is 24.0 Å². The molecule has 1 atom stereocenters. The predicted octanol–water partition coefficient (Wildman–Crippen LogP) is 1.51. The van der Waals surface area contributed by atoms with Crippen LogP contribution in [0.3, 0.4) is 0 Å². The van der Waals surface area contributed by atoms with Crippen molar-refractivity contribution in [1.82, 2.24) is 15.5 Å². The number of amides is 1. The molecule has 0 aromatic carbocycles. The van der Waals surface area contributed by atoms with Crippen LogP contribution in [-0.2, 0) is 20.7 Å². The van der Waals surface area contributed by atoms with Crippen LogP contribution in [0.1, 0.15) is 18.6 Å². The second-order valence-corrected chi connectivity index (χ2v) is 6.79. The van der Waals surface area contributed by atoms with E-state index < -0.39 is 0 Å². The Bertz CT molecular complexity index is 560. The lowest BCUT2D eigenvalue weighted by Crippen LogP contribution is -2.40. The zero-order valence-electron chi connectivity index (χ0n) is 16.8. The number of furan rings is 1. The van der Waals surface area contributed by atoms with Gasteiger partial charge >= 0.3 is 0 Å². The highest BCUT2D eigenvalue weighted by Gasteiger charge is 2.15. The van der Waals surface area contributed by atoms with Crippen LogP contribution in [0.4, 0.5) is 0 Å². The van der Waals surface area contributed by atoms with E-state index in [9.17, 15) is 4.79 Å². The van der Waals surface area contributed by atoms with E-state index >= 15 is 0 Å². The molecule has 1 aliphatic rings. The highest BCUT2D eigenvalue weighted by Crippen LogP contribution is 2.12. The summed E-state index contributed by atoms with van der Waals surface area (Å²) in [5.41, 5.74) is 0. The van der Waals surface area contributed by atoms with Crippen molar-refractivity contribution in [1.29, 1.82) is 0 Å². The number of carbonyl (C=O) groups is 1. The molecule has 1 amide bonds. The first-order valence-electron chi connectivity index (χ1n) is 9.55. The number of ether oxygens (including phenoxy) is 2. The van der Waals surface area contributed by atoms with Crippen molar-refractivity contribution in [3.63, 3.8) is 0 Å². The summed E-state index contributed by atoms with van der Waals surface area (Å²) in [4.78, 5) is 17.7. The van der Waals surface area contributed by atoms with Crippen molar-refractivity contribution in [2.45, 2.75) is 19.3 Å². The Morgan fingerprint density at radius 3 is 2.86 bits per heavy atom. The number of aliphatic imine (C=N–C) groups is 1. The number of hydrogen-bond donors (Lipinski definition) is 2. The van der Waals surface area contributed by atoms with Crippen LogP contribution in [0.15, 0.2) is 27.8 Å². The van der Waals surface area contributed by atoms with E-state index in [4.69, 9.17) is 13.9 Å². The normalized spacial score (nSPS) is 16.5. The Morgan fingerprint density at radius 1 is 1.36 bits per heavy atom. The molecule has 9 heteroatoms. The number of rotatable bonds is 11. The van der Waals surface area contributed by atoms with Gasteiger partial charge in [-0.25, -0.2) is 4.99 Å². The fourth-order valence-electron chi connectivity index (χ4n) is 2.57. The third kappa shape index (κ3) is 10.3. The first kappa shape index (κ1) is 24.7. The largest absolute Gasteiger partial charge is 0.469 e. The molecule has 2 N–H and O–H groups in total. The third-order valence-corrected chi connectivity index (χ3v) is 4.25. The molecular formula is C19H33IN4O4. The van der Waals surface area contributed by atoms with E-state index in [1.165, 1.54) is 4.90 Å². The van der Waals surface area contributed by atoms with E-state index in [0.717, 1.165) is 51.4 Å². The van der Waals surface area contributed by atoms with Gasteiger partial charge in [0.2, 0.25) is 5.91 Å². The third-order valence-electron chi connectivity index (χ3n) is 4.25. The van der Waals surface area contributed by atoms with E-state index in [2.05, 4.69) is 15.6 Å². The van der Waals surface area contributed by atoms with Crippen LogP contribution in [0.5, 0.6) is 0 Å². The highest BCUT2D eigenvalue weighted by molar-refractivity contribution is 14.0. The monoisotopic (exact) mass is 508 g/mol. The molecular weight excluding hydrogens is 475 g/mol. The quantitative estimate of drug-likeness (QED) is 0.204. The molecule has 0 spiro atoms. The Labute approximate surface area is 184 Å². The average molecular weight is 508 g/mol. The molecule has 1 saturated heterocycles. The van der Waals surface area contributed by atoms with Gasteiger partial charge in [0.1, 0.15) is 12.3 Å². The van der Waals surface area contributed by atoms with Gasteiger partial charge < -0.3 is 29.4 Å². The summed E-state index contributed by atoms with van der Waals surface area (Å²) in [6.07, 6.45) is 4.38. The zero-order chi connectivity index (χ0) is 19.3. The summed E-state index contributed by atoms with van der Waals surface area (Å²) < 4.78 is 16.4. The van der Waals surface area contributed by atoms with E-state index in [1.54, 1.807) is 20.4 Å². The van der Waals surface area contributed by atoms with Crippen LogP contribution in [0.25, 0.3) is 0 Å². The molecule has 160 valence electrons. The summed E-state index contributed by atoms with van der Waals surface area (Å²) in [6, 6.07) is 3.81. The molecule has 2 rings (SSSR count). The Kier molecular flexibility index (Phi) is 12.9. The molecule has 1 aliphatic heterocycles. The van der Waals surface area contributed by atoms with Gasteiger partial charge in [-0.3, -0.25) is 4.79 Å². The standard InChI is InChI=1S/C19H32N4O4.HI/c1-23(2)18(24)13-22-19(21-9-6-17-5-3-11-27-17)20-8-4-10-25-14-16-7-12-26-15-16;/h3,5,11,16H,4,6-10,12-15H2,1-2H3,(H2,20,21,22);1H. The van der Waals surface area contributed by atoms with Gasteiger partial charge in [-0.1, -0.05) is 0 Å². The van der Waals surface area contributed by atoms with Gasteiger partial charge in [-0.2, -0.15) is 0 Å². The molecule has 1 aromatic rings. The van der Waals surface area contributed by atoms with Crippen molar-refractivity contribution in [2.75, 3.05) is 60.2 Å². The zero-order valence-corrected chi connectivity index (χ0v) is 19.1. The van der Waals surface area contributed by atoms with Crippen LogP contribution in [0.2, 0.25) is 0 Å². The highest BCUT2D eigenvalue weighted by atomic mass is 127. The lowest BCUT2D eigenvalue weighted by Gasteiger charge is -2.14. The van der Waals surface area contributed by atoms with Crippen LogP contribution in [-0.4, -0.2) is 76.9 Å². The van der Waals surface area contributed by atoms with E-state index in [1.807, 2.05) is 12.1 Å². The maximum atomic E-state index is 11.8. The lowest BCUT2D eigenvalue weighted by molar-refractivity contribution is -0.127.